The Kier molecular flexibility index (Phi) is 5.82. The van der Waals surface area contributed by atoms with E-state index in [4.69, 9.17) is 10.8 Å². The molecule has 0 saturated heterocycles. The number of rotatable bonds is 7. The fourth-order valence-electron chi connectivity index (χ4n) is 1.63. The molecule has 0 aliphatic rings. The van der Waals surface area contributed by atoms with Crippen LogP contribution in [0, 0.1) is 5.92 Å². The Bertz CT molecular complexity index is 477. The summed E-state index contributed by atoms with van der Waals surface area (Å²) in [5.41, 5.74) is 6.38. The minimum absolute atomic E-state index is 0.143. The molecule has 0 fully saturated rings. The molecule has 19 heavy (non-hydrogen) atoms. The summed E-state index contributed by atoms with van der Waals surface area (Å²) in [7, 11) is 0. The van der Waals surface area contributed by atoms with Crippen LogP contribution in [0.15, 0.2) is 22.7 Å². The molecule has 104 valence electrons. The molecule has 6 heteroatoms. The monoisotopic (exact) mass is 328 g/mol. The number of primary amides is 1. The molecule has 1 aromatic carbocycles. The van der Waals surface area contributed by atoms with Crippen molar-refractivity contribution < 1.29 is 14.7 Å². The molecule has 1 rings (SSSR count). The summed E-state index contributed by atoms with van der Waals surface area (Å²) in [6, 6.07) is 5.18. The Morgan fingerprint density at radius 3 is 2.74 bits per heavy atom. The highest BCUT2D eigenvalue weighted by Gasteiger charge is 2.10. The first kappa shape index (κ1) is 15.5. The van der Waals surface area contributed by atoms with Crippen LogP contribution in [0.3, 0.4) is 0 Å². The molecule has 5 nitrogen and oxygen atoms in total. The summed E-state index contributed by atoms with van der Waals surface area (Å²) < 4.78 is 0.846. The molecule has 0 aliphatic heterocycles. The van der Waals surface area contributed by atoms with Crippen molar-refractivity contribution in [2.24, 2.45) is 11.7 Å². The first-order valence-electron chi connectivity index (χ1n) is 5.95. The van der Waals surface area contributed by atoms with Gasteiger partial charge in [-0.15, -0.1) is 0 Å². The number of anilines is 1. The van der Waals surface area contributed by atoms with Gasteiger partial charge in [-0.05, 0) is 30.5 Å². The van der Waals surface area contributed by atoms with E-state index in [2.05, 4.69) is 21.2 Å². The van der Waals surface area contributed by atoms with Crippen LogP contribution in [0.25, 0.3) is 0 Å². The lowest BCUT2D eigenvalue weighted by Gasteiger charge is -2.15. The zero-order valence-corrected chi connectivity index (χ0v) is 12.2. The lowest BCUT2D eigenvalue weighted by atomic mass is 10.1. The number of benzene rings is 1. The number of aliphatic carboxylic acids is 1. The van der Waals surface area contributed by atoms with Gasteiger partial charge in [0.2, 0.25) is 0 Å². The molecular weight excluding hydrogens is 312 g/mol. The van der Waals surface area contributed by atoms with E-state index in [1.54, 1.807) is 18.2 Å². The summed E-state index contributed by atoms with van der Waals surface area (Å²) in [4.78, 5) is 21.8. The molecule has 1 aromatic rings. The lowest BCUT2D eigenvalue weighted by molar-refractivity contribution is -0.137. The van der Waals surface area contributed by atoms with E-state index in [0.29, 0.717) is 24.2 Å². The number of carbonyl (C=O) groups is 2. The Morgan fingerprint density at radius 2 is 2.16 bits per heavy atom. The minimum atomic E-state index is -0.799. The van der Waals surface area contributed by atoms with Crippen LogP contribution < -0.4 is 11.1 Å². The third-order valence-corrected chi connectivity index (χ3v) is 3.23. The molecule has 0 heterocycles. The molecule has 4 N–H and O–H groups in total. The van der Waals surface area contributed by atoms with Crippen LogP contribution >= 0.6 is 15.9 Å². The van der Waals surface area contributed by atoms with Crippen molar-refractivity contribution in [2.75, 3.05) is 11.9 Å². The molecule has 1 unspecified atom stereocenters. The van der Waals surface area contributed by atoms with Crippen LogP contribution in [0.2, 0.25) is 0 Å². The van der Waals surface area contributed by atoms with Crippen LogP contribution in [-0.2, 0) is 4.79 Å². The summed E-state index contributed by atoms with van der Waals surface area (Å²) in [5.74, 6) is -1.10. The van der Waals surface area contributed by atoms with Gasteiger partial charge in [-0.1, -0.05) is 22.9 Å². The molecule has 0 spiro atoms. The van der Waals surface area contributed by atoms with Gasteiger partial charge in [0.25, 0.3) is 5.91 Å². The molecule has 0 bridgehead atoms. The quantitative estimate of drug-likeness (QED) is 0.716. The normalized spacial score (nSPS) is 11.9. The highest BCUT2D eigenvalue weighted by Crippen LogP contribution is 2.21. The number of carboxylic acids is 1. The van der Waals surface area contributed by atoms with Gasteiger partial charge in [0, 0.05) is 23.1 Å². The standard InChI is InChI=1S/C13H17BrN2O3/c1-8(2-5-12(17)18)7-16-11-6-9(14)3-4-10(11)13(15)19/h3-4,6,8,16H,2,5,7H2,1H3,(H2,15,19)(H,17,18). The Labute approximate surface area is 120 Å². The van der Waals surface area contributed by atoms with Gasteiger partial charge in [-0.3, -0.25) is 9.59 Å². The van der Waals surface area contributed by atoms with Gasteiger partial charge in [0.1, 0.15) is 0 Å². The van der Waals surface area contributed by atoms with E-state index in [1.165, 1.54) is 0 Å². The maximum absolute atomic E-state index is 11.3. The maximum Gasteiger partial charge on any atom is 0.303 e. The average molecular weight is 329 g/mol. The maximum atomic E-state index is 11.3. The minimum Gasteiger partial charge on any atom is -0.481 e. The molecule has 0 radical (unpaired) electrons. The first-order valence-corrected chi connectivity index (χ1v) is 6.74. The zero-order valence-electron chi connectivity index (χ0n) is 10.6. The third kappa shape index (κ3) is 5.30. The molecular formula is C13H17BrN2O3. The van der Waals surface area contributed by atoms with E-state index < -0.39 is 11.9 Å². The van der Waals surface area contributed by atoms with Gasteiger partial charge in [-0.2, -0.15) is 0 Å². The number of hydrogen-bond acceptors (Lipinski definition) is 3. The summed E-state index contributed by atoms with van der Waals surface area (Å²) in [5, 5.41) is 11.7. The fraction of sp³-hybridized carbons (Fsp3) is 0.385. The Hall–Kier alpha value is -1.56. The average Bonchev–Trinajstić information content (AvgIpc) is 2.33. The van der Waals surface area contributed by atoms with Crippen LogP contribution in [0.1, 0.15) is 30.1 Å². The van der Waals surface area contributed by atoms with Gasteiger partial charge in [0.05, 0.1) is 5.56 Å². The number of halogens is 1. The topological polar surface area (TPSA) is 92.4 Å². The van der Waals surface area contributed by atoms with Gasteiger partial charge in [-0.25, -0.2) is 0 Å². The summed E-state index contributed by atoms with van der Waals surface area (Å²) in [6.07, 6.45) is 0.728. The van der Waals surface area contributed by atoms with Crippen molar-refractivity contribution in [3.8, 4) is 0 Å². The van der Waals surface area contributed by atoms with Gasteiger partial charge >= 0.3 is 5.97 Å². The van der Waals surface area contributed by atoms with E-state index in [9.17, 15) is 9.59 Å². The van der Waals surface area contributed by atoms with Crippen molar-refractivity contribution >= 4 is 33.5 Å². The van der Waals surface area contributed by atoms with Crippen molar-refractivity contribution in [3.63, 3.8) is 0 Å². The van der Waals surface area contributed by atoms with Crippen LogP contribution in [0.4, 0.5) is 5.69 Å². The van der Waals surface area contributed by atoms with E-state index in [-0.39, 0.29) is 12.3 Å². The Morgan fingerprint density at radius 1 is 1.47 bits per heavy atom. The van der Waals surface area contributed by atoms with Crippen LogP contribution in [-0.4, -0.2) is 23.5 Å². The SMILES string of the molecule is CC(CCC(=O)O)CNc1cc(Br)ccc1C(N)=O. The van der Waals surface area contributed by atoms with E-state index in [1.807, 2.05) is 6.92 Å². The van der Waals surface area contributed by atoms with Crippen molar-refractivity contribution in [2.45, 2.75) is 19.8 Å². The van der Waals surface area contributed by atoms with Crippen molar-refractivity contribution in [1.29, 1.82) is 0 Å². The highest BCUT2D eigenvalue weighted by atomic mass is 79.9. The third-order valence-electron chi connectivity index (χ3n) is 2.74. The van der Waals surface area contributed by atoms with Crippen LogP contribution in [0.5, 0.6) is 0 Å². The van der Waals surface area contributed by atoms with Gasteiger partial charge in [0.15, 0.2) is 0 Å². The second-order valence-electron chi connectivity index (χ2n) is 4.47. The smallest absolute Gasteiger partial charge is 0.303 e. The van der Waals surface area contributed by atoms with Gasteiger partial charge < -0.3 is 16.2 Å². The number of carbonyl (C=O) groups excluding carboxylic acids is 1. The highest BCUT2D eigenvalue weighted by molar-refractivity contribution is 9.10. The number of carboxylic acid groups (broad SMARTS) is 1. The fourth-order valence-corrected chi connectivity index (χ4v) is 1.99. The van der Waals surface area contributed by atoms with E-state index >= 15 is 0 Å². The second kappa shape index (κ2) is 7.13. The van der Waals surface area contributed by atoms with Crippen molar-refractivity contribution in [1.82, 2.24) is 0 Å². The predicted octanol–water partition coefficient (Wildman–Crippen LogP) is 2.46. The predicted molar refractivity (Wildman–Crippen MR) is 77.2 cm³/mol. The molecule has 1 amide bonds. The second-order valence-corrected chi connectivity index (χ2v) is 5.39. The number of amides is 1. The Balaban J connectivity index is 2.63. The summed E-state index contributed by atoms with van der Waals surface area (Å²) in [6.45, 7) is 2.54. The zero-order chi connectivity index (χ0) is 14.4. The number of hydrogen-bond donors (Lipinski definition) is 3. The summed E-state index contributed by atoms with van der Waals surface area (Å²) >= 11 is 3.33. The number of nitrogens with one attached hydrogen (secondary N) is 1. The lowest BCUT2D eigenvalue weighted by Crippen LogP contribution is -2.17. The van der Waals surface area contributed by atoms with Crippen molar-refractivity contribution in [3.05, 3.63) is 28.2 Å². The largest absolute Gasteiger partial charge is 0.481 e. The first-order chi connectivity index (χ1) is 8.90. The van der Waals surface area contributed by atoms with E-state index in [0.717, 1.165) is 4.47 Å². The number of nitrogens with two attached hydrogens (primary N) is 1. The molecule has 1 atom stereocenters. The molecule has 0 saturated carbocycles. The molecule has 0 aliphatic carbocycles. The molecule has 0 aromatic heterocycles.